The maximum atomic E-state index is 11.9. The van der Waals surface area contributed by atoms with E-state index < -0.39 is 5.97 Å². The molecule has 0 atom stereocenters. The van der Waals surface area contributed by atoms with E-state index in [4.69, 9.17) is 29.9 Å². The summed E-state index contributed by atoms with van der Waals surface area (Å²) in [7, 11) is 3.07. The van der Waals surface area contributed by atoms with Gasteiger partial charge in [-0.1, -0.05) is 17.7 Å². The van der Waals surface area contributed by atoms with Crippen molar-refractivity contribution in [3.63, 3.8) is 0 Å². The number of nitrogens with zero attached hydrogens (tertiary/aromatic N) is 2. The molecular formula is C24H19ClN2O6S. The Morgan fingerprint density at radius 1 is 1.03 bits per heavy atom. The quantitative estimate of drug-likeness (QED) is 0.224. The number of aliphatic carboxylic acids is 1. The summed E-state index contributed by atoms with van der Waals surface area (Å²) in [4.78, 5) is 11.8. The van der Waals surface area contributed by atoms with Gasteiger partial charge in [-0.15, -0.1) is 10.2 Å². The fourth-order valence-electron chi connectivity index (χ4n) is 3.09. The van der Waals surface area contributed by atoms with E-state index in [1.165, 1.54) is 20.3 Å². The van der Waals surface area contributed by atoms with Crippen LogP contribution in [-0.2, 0) is 4.79 Å². The summed E-state index contributed by atoms with van der Waals surface area (Å²) in [6, 6.07) is 14.0. The Hall–Kier alpha value is -3.69. The number of thioether (sulfide) groups is 1. The van der Waals surface area contributed by atoms with Gasteiger partial charge in [0.15, 0.2) is 0 Å². The van der Waals surface area contributed by atoms with Crippen LogP contribution in [0.25, 0.3) is 28.9 Å². The van der Waals surface area contributed by atoms with Gasteiger partial charge < -0.3 is 23.4 Å². The summed E-state index contributed by atoms with van der Waals surface area (Å²) in [5.74, 6) is 1.07. The molecule has 0 amide bonds. The van der Waals surface area contributed by atoms with Crippen molar-refractivity contribution >= 4 is 35.4 Å². The number of hydrogen-bond donors (Lipinski definition) is 1. The highest BCUT2D eigenvalue weighted by Gasteiger charge is 2.18. The van der Waals surface area contributed by atoms with Gasteiger partial charge in [-0.3, -0.25) is 0 Å². The number of ether oxygens (including phenoxy) is 2. The number of halogens is 1. The van der Waals surface area contributed by atoms with Crippen LogP contribution in [0.4, 0.5) is 0 Å². The van der Waals surface area contributed by atoms with E-state index in [1.807, 2.05) is 13.0 Å². The molecule has 2 heterocycles. The molecule has 0 aliphatic rings. The van der Waals surface area contributed by atoms with Gasteiger partial charge in [0.1, 0.15) is 27.9 Å². The summed E-state index contributed by atoms with van der Waals surface area (Å²) < 4.78 is 22.0. The number of carboxylic acid groups (broad SMARTS) is 1. The van der Waals surface area contributed by atoms with Gasteiger partial charge in [0, 0.05) is 28.3 Å². The standard InChI is InChI=1S/C24H19ClN2O6S/c1-13-4-5-15(25)10-19(13)20-7-6-16(32-20)12-21(23(28)29)34-24-27-26-22(33-24)14-8-17(30-2)11-18(9-14)31-3/h4-12H,1-3H3,(H,28,29)/b21-12-. The minimum absolute atomic E-state index is 0.0536. The van der Waals surface area contributed by atoms with E-state index in [0.717, 1.165) is 22.9 Å². The highest BCUT2D eigenvalue weighted by Crippen LogP contribution is 2.34. The fraction of sp³-hybridized carbons (Fsp3) is 0.125. The topological polar surface area (TPSA) is 108 Å². The molecule has 10 heteroatoms. The number of rotatable bonds is 8. The molecule has 0 saturated heterocycles. The van der Waals surface area contributed by atoms with Crippen LogP contribution in [0.2, 0.25) is 5.02 Å². The first-order chi connectivity index (χ1) is 16.4. The molecule has 0 unspecified atom stereocenters. The molecule has 34 heavy (non-hydrogen) atoms. The van der Waals surface area contributed by atoms with Gasteiger partial charge >= 0.3 is 5.97 Å². The molecule has 0 saturated carbocycles. The van der Waals surface area contributed by atoms with Crippen molar-refractivity contribution in [3.8, 4) is 34.3 Å². The molecule has 2 aromatic heterocycles. The lowest BCUT2D eigenvalue weighted by atomic mass is 10.1. The summed E-state index contributed by atoms with van der Waals surface area (Å²) in [6.07, 6.45) is 1.40. The predicted molar refractivity (Wildman–Crippen MR) is 128 cm³/mol. The maximum Gasteiger partial charge on any atom is 0.342 e. The summed E-state index contributed by atoms with van der Waals surface area (Å²) in [6.45, 7) is 1.94. The maximum absolute atomic E-state index is 11.9. The van der Waals surface area contributed by atoms with Crippen LogP contribution in [0.15, 0.2) is 67.5 Å². The van der Waals surface area contributed by atoms with Crippen LogP contribution in [0.5, 0.6) is 11.5 Å². The monoisotopic (exact) mass is 498 g/mol. The van der Waals surface area contributed by atoms with E-state index >= 15 is 0 Å². The van der Waals surface area contributed by atoms with Gasteiger partial charge in [-0.05, 0) is 60.6 Å². The Labute approximate surface area is 204 Å². The lowest BCUT2D eigenvalue weighted by Crippen LogP contribution is -1.96. The van der Waals surface area contributed by atoms with Crippen LogP contribution in [0, 0.1) is 6.92 Å². The van der Waals surface area contributed by atoms with Crippen LogP contribution < -0.4 is 9.47 Å². The van der Waals surface area contributed by atoms with E-state index in [1.54, 1.807) is 42.5 Å². The first-order valence-corrected chi connectivity index (χ1v) is 11.1. The van der Waals surface area contributed by atoms with Gasteiger partial charge in [0.2, 0.25) is 5.89 Å². The van der Waals surface area contributed by atoms with Crippen LogP contribution >= 0.6 is 23.4 Å². The van der Waals surface area contributed by atoms with Crippen LogP contribution in [0.1, 0.15) is 11.3 Å². The molecule has 0 aliphatic carbocycles. The zero-order valence-corrected chi connectivity index (χ0v) is 19.9. The largest absolute Gasteiger partial charge is 0.497 e. The first kappa shape index (κ1) is 23.5. The van der Waals surface area contributed by atoms with Gasteiger partial charge in [-0.2, -0.15) is 0 Å². The zero-order chi connectivity index (χ0) is 24.2. The zero-order valence-electron chi connectivity index (χ0n) is 18.4. The molecule has 0 radical (unpaired) electrons. The van der Waals surface area contributed by atoms with E-state index in [-0.39, 0.29) is 16.0 Å². The number of methoxy groups -OCH3 is 2. The molecule has 0 bridgehead atoms. The van der Waals surface area contributed by atoms with E-state index in [2.05, 4.69) is 10.2 Å². The Morgan fingerprint density at radius 3 is 2.44 bits per heavy atom. The van der Waals surface area contributed by atoms with Crippen molar-refractivity contribution < 1.29 is 28.2 Å². The molecule has 4 rings (SSSR count). The average molecular weight is 499 g/mol. The number of benzene rings is 2. The summed E-state index contributed by atoms with van der Waals surface area (Å²) in [5.41, 5.74) is 2.38. The third-order valence-corrected chi connectivity index (χ3v) is 5.87. The van der Waals surface area contributed by atoms with Crippen molar-refractivity contribution in [2.24, 2.45) is 0 Å². The Morgan fingerprint density at radius 2 is 1.76 bits per heavy atom. The Balaban J connectivity index is 1.59. The number of aryl methyl sites for hydroxylation is 1. The fourth-order valence-corrected chi connectivity index (χ4v) is 3.92. The molecule has 0 aliphatic heterocycles. The SMILES string of the molecule is COc1cc(OC)cc(-c2nnc(S/C(=C\c3ccc(-c4cc(Cl)ccc4C)o3)C(=O)O)o2)c1. The highest BCUT2D eigenvalue weighted by molar-refractivity contribution is 8.03. The van der Waals surface area contributed by atoms with E-state index in [9.17, 15) is 9.90 Å². The average Bonchev–Trinajstić information content (AvgIpc) is 3.49. The molecule has 174 valence electrons. The van der Waals surface area contributed by atoms with Crippen LogP contribution in [-0.4, -0.2) is 35.5 Å². The predicted octanol–water partition coefficient (Wildman–Crippen LogP) is 6.19. The third-order valence-electron chi connectivity index (χ3n) is 4.78. The number of furan rings is 1. The van der Waals surface area contributed by atoms with Crippen molar-refractivity contribution in [3.05, 3.63) is 69.8 Å². The molecular weight excluding hydrogens is 480 g/mol. The number of carbonyl (C=O) groups is 1. The second-order valence-corrected chi connectivity index (χ2v) is 8.48. The minimum Gasteiger partial charge on any atom is -0.497 e. The highest BCUT2D eigenvalue weighted by atomic mass is 35.5. The molecule has 0 spiro atoms. The van der Waals surface area contributed by atoms with E-state index in [0.29, 0.717) is 33.6 Å². The van der Waals surface area contributed by atoms with Crippen molar-refractivity contribution in [2.45, 2.75) is 12.1 Å². The van der Waals surface area contributed by atoms with Crippen LogP contribution in [0.3, 0.4) is 0 Å². The van der Waals surface area contributed by atoms with Gasteiger partial charge in [0.05, 0.1) is 14.2 Å². The summed E-state index contributed by atoms with van der Waals surface area (Å²) in [5, 5.41) is 18.3. The molecule has 0 fully saturated rings. The van der Waals surface area contributed by atoms with Crippen molar-refractivity contribution in [2.75, 3.05) is 14.2 Å². The minimum atomic E-state index is -1.16. The summed E-state index contributed by atoms with van der Waals surface area (Å²) >= 11 is 6.91. The Kier molecular flexibility index (Phi) is 6.95. The molecule has 1 N–H and O–H groups in total. The normalized spacial score (nSPS) is 11.5. The van der Waals surface area contributed by atoms with Crippen molar-refractivity contribution in [1.82, 2.24) is 10.2 Å². The lowest BCUT2D eigenvalue weighted by Gasteiger charge is -2.05. The van der Waals surface area contributed by atoms with Crippen molar-refractivity contribution in [1.29, 1.82) is 0 Å². The molecule has 4 aromatic rings. The Bertz CT molecular complexity index is 1360. The van der Waals surface area contributed by atoms with Gasteiger partial charge in [-0.25, -0.2) is 4.79 Å². The first-order valence-electron chi connectivity index (χ1n) is 9.92. The van der Waals surface area contributed by atoms with Gasteiger partial charge in [0.25, 0.3) is 5.22 Å². The molecule has 8 nitrogen and oxygen atoms in total. The number of aromatic nitrogens is 2. The second-order valence-electron chi connectivity index (χ2n) is 7.05. The lowest BCUT2D eigenvalue weighted by molar-refractivity contribution is -0.131. The molecule has 2 aromatic carbocycles. The smallest absolute Gasteiger partial charge is 0.342 e. The number of hydrogen-bond acceptors (Lipinski definition) is 8. The third kappa shape index (κ3) is 5.27. The number of carboxylic acids is 1. The second kappa shape index (κ2) is 10.1.